The molecular weight excluding hydrogens is 242 g/mol. The van der Waals surface area contributed by atoms with Gasteiger partial charge in [-0.2, -0.15) is 0 Å². The number of aliphatic hydroxyl groups is 1. The topological polar surface area (TPSA) is 87.4 Å². The van der Waals surface area contributed by atoms with Gasteiger partial charge in [0.05, 0.1) is 0 Å². The van der Waals surface area contributed by atoms with Gasteiger partial charge in [0.2, 0.25) is 0 Å². The highest BCUT2D eigenvalue weighted by Gasteiger charge is 2.30. The first-order valence-corrected chi connectivity index (χ1v) is 6.11. The second kappa shape index (κ2) is 6.54. The number of halogens is 1. The molecule has 0 spiro atoms. The molecule has 17 heavy (non-hydrogen) atoms. The predicted molar refractivity (Wildman–Crippen MR) is 68.0 cm³/mol. The van der Waals surface area contributed by atoms with E-state index in [4.69, 9.17) is 5.73 Å². The van der Waals surface area contributed by atoms with Crippen molar-refractivity contribution in [1.29, 1.82) is 0 Å². The molecule has 0 aromatic rings. The van der Waals surface area contributed by atoms with E-state index in [0.717, 1.165) is 32.4 Å². The SMILES string of the molecule is Cl.N[C@@H](C[C@@H]1CCNC1)C(O)C(=O)NC1CC1. The molecule has 6 heteroatoms. The van der Waals surface area contributed by atoms with E-state index in [2.05, 4.69) is 10.6 Å². The van der Waals surface area contributed by atoms with Crippen molar-refractivity contribution in [3.8, 4) is 0 Å². The number of nitrogens with two attached hydrogens (primary N) is 1. The Hall–Kier alpha value is -0.360. The van der Waals surface area contributed by atoms with E-state index in [9.17, 15) is 9.90 Å². The van der Waals surface area contributed by atoms with Gasteiger partial charge in [0.1, 0.15) is 6.10 Å². The third-order valence-electron chi connectivity index (χ3n) is 3.37. The molecule has 0 aromatic carbocycles. The average Bonchev–Trinajstić information content (AvgIpc) is 2.92. The molecule has 2 fully saturated rings. The Morgan fingerprint density at radius 2 is 2.18 bits per heavy atom. The van der Waals surface area contributed by atoms with Gasteiger partial charge in [-0.1, -0.05) is 0 Å². The number of amides is 1. The summed E-state index contributed by atoms with van der Waals surface area (Å²) in [7, 11) is 0. The summed E-state index contributed by atoms with van der Waals surface area (Å²) in [5.41, 5.74) is 5.86. The predicted octanol–water partition coefficient (Wildman–Crippen LogP) is -0.625. The molecule has 1 saturated carbocycles. The van der Waals surface area contributed by atoms with Gasteiger partial charge in [-0.15, -0.1) is 12.4 Å². The van der Waals surface area contributed by atoms with Crippen LogP contribution in [0, 0.1) is 5.92 Å². The Kier molecular flexibility index (Phi) is 5.66. The Labute approximate surface area is 108 Å². The number of aliphatic hydroxyl groups excluding tert-OH is 1. The van der Waals surface area contributed by atoms with E-state index in [-0.39, 0.29) is 24.4 Å². The maximum Gasteiger partial charge on any atom is 0.250 e. The zero-order chi connectivity index (χ0) is 11.5. The molecule has 0 bridgehead atoms. The van der Waals surface area contributed by atoms with Crippen molar-refractivity contribution in [2.75, 3.05) is 13.1 Å². The molecule has 2 aliphatic rings. The molecule has 1 aliphatic heterocycles. The zero-order valence-electron chi connectivity index (χ0n) is 9.89. The van der Waals surface area contributed by atoms with Gasteiger partial charge in [0.15, 0.2) is 0 Å². The first-order valence-electron chi connectivity index (χ1n) is 6.11. The van der Waals surface area contributed by atoms with Gasteiger partial charge in [-0.05, 0) is 44.7 Å². The lowest BCUT2D eigenvalue weighted by molar-refractivity contribution is -0.130. The van der Waals surface area contributed by atoms with Gasteiger partial charge in [-0.3, -0.25) is 4.79 Å². The molecule has 0 radical (unpaired) electrons. The average molecular weight is 264 g/mol. The van der Waals surface area contributed by atoms with Crippen molar-refractivity contribution >= 4 is 18.3 Å². The highest BCUT2D eigenvalue weighted by atomic mass is 35.5. The first-order chi connectivity index (χ1) is 7.66. The van der Waals surface area contributed by atoms with Crippen LogP contribution in [0.15, 0.2) is 0 Å². The second-order valence-electron chi connectivity index (χ2n) is 4.99. The van der Waals surface area contributed by atoms with Crippen molar-refractivity contribution in [2.45, 2.75) is 43.9 Å². The lowest BCUT2D eigenvalue weighted by Crippen LogP contribution is -2.47. The molecule has 100 valence electrons. The minimum Gasteiger partial charge on any atom is -0.382 e. The molecular formula is C11H22ClN3O2. The number of carbonyl (C=O) groups excluding carboxylic acids is 1. The monoisotopic (exact) mass is 263 g/mol. The summed E-state index contributed by atoms with van der Waals surface area (Å²) in [4.78, 5) is 11.6. The van der Waals surface area contributed by atoms with Gasteiger partial charge in [-0.25, -0.2) is 0 Å². The van der Waals surface area contributed by atoms with Crippen molar-refractivity contribution in [3.05, 3.63) is 0 Å². The third-order valence-corrected chi connectivity index (χ3v) is 3.37. The van der Waals surface area contributed by atoms with Gasteiger partial charge < -0.3 is 21.5 Å². The number of carbonyl (C=O) groups is 1. The van der Waals surface area contributed by atoms with Gasteiger partial charge in [0, 0.05) is 12.1 Å². The Bertz CT molecular complexity index is 255. The largest absolute Gasteiger partial charge is 0.382 e. The first kappa shape index (κ1) is 14.7. The minimum absolute atomic E-state index is 0. The molecule has 3 atom stereocenters. The smallest absolute Gasteiger partial charge is 0.250 e. The lowest BCUT2D eigenvalue weighted by Gasteiger charge is -2.20. The molecule has 2 rings (SSSR count). The van der Waals surface area contributed by atoms with Crippen LogP contribution in [-0.2, 0) is 4.79 Å². The van der Waals surface area contributed by atoms with Gasteiger partial charge in [0.25, 0.3) is 5.91 Å². The van der Waals surface area contributed by atoms with Crippen molar-refractivity contribution in [3.63, 3.8) is 0 Å². The number of hydrogen-bond donors (Lipinski definition) is 4. The molecule has 5 nitrogen and oxygen atoms in total. The highest BCUT2D eigenvalue weighted by molar-refractivity contribution is 5.85. The highest BCUT2D eigenvalue weighted by Crippen LogP contribution is 2.19. The Morgan fingerprint density at radius 3 is 2.71 bits per heavy atom. The summed E-state index contributed by atoms with van der Waals surface area (Å²) in [5.74, 6) is 0.194. The maximum atomic E-state index is 11.6. The van der Waals surface area contributed by atoms with E-state index in [1.807, 2.05) is 0 Å². The van der Waals surface area contributed by atoms with Crippen LogP contribution in [0.4, 0.5) is 0 Å². The van der Waals surface area contributed by atoms with E-state index in [1.165, 1.54) is 0 Å². The van der Waals surface area contributed by atoms with Crippen LogP contribution in [0.5, 0.6) is 0 Å². The fraction of sp³-hybridized carbons (Fsp3) is 0.909. The van der Waals surface area contributed by atoms with Crippen LogP contribution in [-0.4, -0.2) is 42.3 Å². The normalized spacial score (nSPS) is 27.1. The number of nitrogens with one attached hydrogen (secondary N) is 2. The molecule has 1 heterocycles. The molecule has 5 N–H and O–H groups in total. The third kappa shape index (κ3) is 4.43. The summed E-state index contributed by atoms with van der Waals surface area (Å²) < 4.78 is 0. The Balaban J connectivity index is 0.00000144. The summed E-state index contributed by atoms with van der Waals surface area (Å²) in [6.07, 6.45) is 2.80. The second-order valence-corrected chi connectivity index (χ2v) is 4.99. The van der Waals surface area contributed by atoms with Crippen LogP contribution in [0.2, 0.25) is 0 Å². The molecule has 1 saturated heterocycles. The lowest BCUT2D eigenvalue weighted by atomic mass is 9.96. The van der Waals surface area contributed by atoms with Crippen LogP contribution in [0.3, 0.4) is 0 Å². The van der Waals surface area contributed by atoms with Crippen LogP contribution < -0.4 is 16.4 Å². The summed E-state index contributed by atoms with van der Waals surface area (Å²) in [6.45, 7) is 1.96. The van der Waals surface area contributed by atoms with Crippen molar-refractivity contribution in [1.82, 2.24) is 10.6 Å². The van der Waals surface area contributed by atoms with Crippen LogP contribution in [0.25, 0.3) is 0 Å². The zero-order valence-corrected chi connectivity index (χ0v) is 10.7. The maximum absolute atomic E-state index is 11.6. The molecule has 0 aromatic heterocycles. The summed E-state index contributed by atoms with van der Waals surface area (Å²) in [5, 5.41) is 15.8. The number of rotatable bonds is 5. The fourth-order valence-corrected chi connectivity index (χ4v) is 2.14. The van der Waals surface area contributed by atoms with E-state index in [1.54, 1.807) is 0 Å². The molecule has 1 aliphatic carbocycles. The van der Waals surface area contributed by atoms with E-state index >= 15 is 0 Å². The van der Waals surface area contributed by atoms with Gasteiger partial charge >= 0.3 is 0 Å². The Morgan fingerprint density at radius 1 is 1.47 bits per heavy atom. The van der Waals surface area contributed by atoms with E-state index < -0.39 is 12.1 Å². The molecule has 1 amide bonds. The van der Waals surface area contributed by atoms with E-state index in [0.29, 0.717) is 12.3 Å². The van der Waals surface area contributed by atoms with Crippen molar-refractivity contribution in [2.24, 2.45) is 11.7 Å². The molecule has 1 unspecified atom stereocenters. The minimum atomic E-state index is -1.05. The number of hydrogen-bond acceptors (Lipinski definition) is 4. The fourth-order valence-electron chi connectivity index (χ4n) is 2.14. The van der Waals surface area contributed by atoms with Crippen molar-refractivity contribution < 1.29 is 9.90 Å². The standard InChI is InChI=1S/C11H21N3O2.ClH/c12-9(5-7-3-4-13-6-7)10(15)11(16)14-8-1-2-8;/h7-10,13,15H,1-6,12H2,(H,14,16);1H/t7-,9-,10?;/m0./s1. The summed E-state index contributed by atoms with van der Waals surface area (Å²) in [6, 6.07) is -0.161. The quantitative estimate of drug-likeness (QED) is 0.532. The van der Waals surface area contributed by atoms with Crippen LogP contribution in [0.1, 0.15) is 25.7 Å². The summed E-state index contributed by atoms with van der Waals surface area (Å²) >= 11 is 0. The van der Waals surface area contributed by atoms with Crippen LogP contribution >= 0.6 is 12.4 Å².